The van der Waals surface area contributed by atoms with Crippen molar-refractivity contribution in [1.29, 1.82) is 0 Å². The lowest BCUT2D eigenvalue weighted by molar-refractivity contribution is -0.142. The van der Waals surface area contributed by atoms with Gasteiger partial charge in [0.2, 0.25) is 6.79 Å². The highest BCUT2D eigenvalue weighted by Gasteiger charge is 2.15. The van der Waals surface area contributed by atoms with Gasteiger partial charge in [0.1, 0.15) is 5.69 Å². The molecular formula is C26H21N3O5S. The molecule has 0 atom stereocenters. The monoisotopic (exact) mass is 487 g/mol. The van der Waals surface area contributed by atoms with Crippen LogP contribution in [0.2, 0.25) is 0 Å². The summed E-state index contributed by atoms with van der Waals surface area (Å²) in [6, 6.07) is 19.0. The van der Waals surface area contributed by atoms with E-state index in [4.69, 9.17) is 19.3 Å². The first kappa shape index (κ1) is 22.4. The minimum Gasteiger partial charge on any atom is -0.454 e. The van der Waals surface area contributed by atoms with Crippen molar-refractivity contribution in [2.75, 3.05) is 18.7 Å². The Kier molecular flexibility index (Phi) is 6.58. The summed E-state index contributed by atoms with van der Waals surface area (Å²) in [5.74, 6) is 0.0880. The number of carbonyl (C=O) groups is 2. The number of ether oxygens (including phenoxy) is 3. The van der Waals surface area contributed by atoms with Crippen molar-refractivity contribution in [2.45, 2.75) is 6.54 Å². The Bertz CT molecular complexity index is 1360. The minimum atomic E-state index is -0.626. The second-order valence-corrected chi connectivity index (χ2v) is 8.60. The summed E-state index contributed by atoms with van der Waals surface area (Å²) in [5.41, 5.74) is 3.21. The molecule has 3 heterocycles. The van der Waals surface area contributed by atoms with Gasteiger partial charge in [-0.2, -0.15) is 5.10 Å². The number of benzene rings is 2. The number of rotatable bonds is 8. The third-order valence-electron chi connectivity index (χ3n) is 5.13. The number of fused-ring (bicyclic) bond motifs is 1. The SMILES string of the molecule is O=C(COC(=O)C=Cc1cn(Cc2ccccc2)nc1-c1cccs1)Nc1ccc2c(c1)OCO2. The van der Waals surface area contributed by atoms with Gasteiger partial charge in [0.25, 0.3) is 5.91 Å². The summed E-state index contributed by atoms with van der Waals surface area (Å²) in [4.78, 5) is 25.4. The second-order valence-electron chi connectivity index (χ2n) is 7.65. The highest BCUT2D eigenvalue weighted by Crippen LogP contribution is 2.34. The summed E-state index contributed by atoms with van der Waals surface area (Å²) in [6.07, 6.45) is 4.84. The number of nitrogens with zero attached hydrogens (tertiary/aromatic N) is 2. The number of thiophene rings is 1. The molecule has 4 aromatic rings. The normalized spacial score (nSPS) is 12.1. The molecule has 0 unspecified atom stereocenters. The Hall–Kier alpha value is -4.37. The molecule has 5 rings (SSSR count). The molecule has 35 heavy (non-hydrogen) atoms. The molecule has 1 aliphatic rings. The highest BCUT2D eigenvalue weighted by atomic mass is 32.1. The third-order valence-corrected chi connectivity index (χ3v) is 6.01. The van der Waals surface area contributed by atoms with Crippen LogP contribution >= 0.6 is 11.3 Å². The van der Waals surface area contributed by atoms with Crippen molar-refractivity contribution in [3.05, 3.63) is 89.4 Å². The number of anilines is 1. The van der Waals surface area contributed by atoms with E-state index in [1.807, 2.05) is 58.7 Å². The van der Waals surface area contributed by atoms with Gasteiger partial charge in [-0.25, -0.2) is 4.79 Å². The Morgan fingerprint density at radius 2 is 1.94 bits per heavy atom. The predicted molar refractivity (Wildman–Crippen MR) is 132 cm³/mol. The Morgan fingerprint density at radius 1 is 1.09 bits per heavy atom. The zero-order valence-electron chi connectivity index (χ0n) is 18.5. The molecule has 8 nitrogen and oxygen atoms in total. The highest BCUT2D eigenvalue weighted by molar-refractivity contribution is 7.13. The average molecular weight is 488 g/mol. The van der Waals surface area contributed by atoms with Crippen molar-refractivity contribution in [2.24, 2.45) is 0 Å². The molecule has 0 bridgehead atoms. The number of esters is 1. The summed E-state index contributed by atoms with van der Waals surface area (Å²) >= 11 is 1.57. The molecule has 0 fully saturated rings. The quantitative estimate of drug-likeness (QED) is 0.289. The molecule has 0 saturated heterocycles. The smallest absolute Gasteiger partial charge is 0.331 e. The van der Waals surface area contributed by atoms with Crippen LogP contribution < -0.4 is 14.8 Å². The van der Waals surface area contributed by atoms with Crippen LogP contribution in [0.4, 0.5) is 5.69 Å². The van der Waals surface area contributed by atoms with Crippen LogP contribution in [0, 0.1) is 0 Å². The topological polar surface area (TPSA) is 91.7 Å². The van der Waals surface area contributed by atoms with Crippen LogP contribution in [0.5, 0.6) is 11.5 Å². The maximum absolute atomic E-state index is 12.3. The van der Waals surface area contributed by atoms with Crippen molar-refractivity contribution < 1.29 is 23.8 Å². The summed E-state index contributed by atoms with van der Waals surface area (Å²) in [7, 11) is 0. The lowest BCUT2D eigenvalue weighted by Crippen LogP contribution is -2.20. The maximum atomic E-state index is 12.3. The number of carbonyl (C=O) groups excluding carboxylic acids is 2. The molecule has 9 heteroatoms. The Labute approximate surface area is 205 Å². The van der Waals surface area contributed by atoms with Gasteiger partial charge in [-0.15, -0.1) is 11.3 Å². The summed E-state index contributed by atoms with van der Waals surface area (Å²) < 4.78 is 17.5. The van der Waals surface area contributed by atoms with Crippen LogP contribution in [0.15, 0.2) is 78.3 Å². The summed E-state index contributed by atoms with van der Waals surface area (Å²) in [5, 5.41) is 9.36. The Balaban J connectivity index is 1.21. The number of aromatic nitrogens is 2. The van der Waals surface area contributed by atoms with E-state index in [1.165, 1.54) is 6.08 Å². The first-order valence-corrected chi connectivity index (χ1v) is 11.7. The van der Waals surface area contributed by atoms with Crippen molar-refractivity contribution in [1.82, 2.24) is 9.78 Å². The van der Waals surface area contributed by atoms with E-state index in [1.54, 1.807) is 35.6 Å². The molecule has 1 amide bonds. The molecule has 0 spiro atoms. The van der Waals surface area contributed by atoms with Crippen LogP contribution in [0.25, 0.3) is 16.6 Å². The zero-order valence-corrected chi connectivity index (χ0v) is 19.4. The van der Waals surface area contributed by atoms with Crippen LogP contribution in [0.1, 0.15) is 11.1 Å². The molecule has 2 aromatic carbocycles. The fourth-order valence-electron chi connectivity index (χ4n) is 3.53. The van der Waals surface area contributed by atoms with E-state index >= 15 is 0 Å². The van der Waals surface area contributed by atoms with E-state index in [0.29, 0.717) is 23.7 Å². The first-order valence-electron chi connectivity index (χ1n) is 10.8. The molecule has 0 radical (unpaired) electrons. The van der Waals surface area contributed by atoms with Gasteiger partial charge in [-0.1, -0.05) is 36.4 Å². The summed E-state index contributed by atoms with van der Waals surface area (Å²) in [6.45, 7) is 0.343. The van der Waals surface area contributed by atoms with E-state index in [2.05, 4.69) is 5.32 Å². The fourth-order valence-corrected chi connectivity index (χ4v) is 4.26. The first-order chi connectivity index (χ1) is 17.1. The molecule has 0 saturated carbocycles. The van der Waals surface area contributed by atoms with Crippen LogP contribution in [-0.4, -0.2) is 35.1 Å². The van der Waals surface area contributed by atoms with Gasteiger partial charge < -0.3 is 19.5 Å². The van der Waals surface area contributed by atoms with Gasteiger partial charge in [0.15, 0.2) is 18.1 Å². The lowest BCUT2D eigenvalue weighted by Gasteiger charge is -2.06. The zero-order chi connectivity index (χ0) is 24.0. The van der Waals surface area contributed by atoms with E-state index in [0.717, 1.165) is 21.7 Å². The standard InChI is InChI=1S/C26H21N3O5S/c30-24(27-20-9-10-21-22(13-20)34-17-33-21)16-32-25(31)11-8-19-15-29(14-18-5-2-1-3-6-18)28-26(19)23-7-4-12-35-23/h1-13,15H,14,16-17H2,(H,27,30). The maximum Gasteiger partial charge on any atom is 0.331 e. The van der Waals surface area contributed by atoms with E-state index in [9.17, 15) is 9.59 Å². The van der Waals surface area contributed by atoms with E-state index < -0.39 is 18.5 Å². The van der Waals surface area contributed by atoms with Gasteiger partial charge in [-0.05, 0) is 35.2 Å². The minimum absolute atomic E-state index is 0.149. The van der Waals surface area contributed by atoms with Gasteiger partial charge >= 0.3 is 5.97 Å². The Morgan fingerprint density at radius 3 is 2.77 bits per heavy atom. The number of nitrogens with one attached hydrogen (secondary N) is 1. The molecular weight excluding hydrogens is 466 g/mol. The third kappa shape index (κ3) is 5.59. The van der Waals surface area contributed by atoms with E-state index in [-0.39, 0.29) is 6.79 Å². The van der Waals surface area contributed by atoms with Crippen LogP contribution in [-0.2, 0) is 20.9 Å². The number of hydrogen-bond acceptors (Lipinski definition) is 7. The van der Waals surface area contributed by atoms with Gasteiger partial charge in [0, 0.05) is 29.6 Å². The fraction of sp³-hybridized carbons (Fsp3) is 0.115. The number of amides is 1. The molecule has 176 valence electrons. The average Bonchev–Trinajstić information content (AvgIpc) is 3.62. The second kappa shape index (κ2) is 10.3. The largest absolute Gasteiger partial charge is 0.454 e. The van der Waals surface area contributed by atoms with Crippen LogP contribution in [0.3, 0.4) is 0 Å². The predicted octanol–water partition coefficient (Wildman–Crippen LogP) is 4.58. The molecule has 2 aromatic heterocycles. The molecule has 0 aliphatic carbocycles. The lowest BCUT2D eigenvalue weighted by atomic mass is 10.2. The number of hydrogen-bond donors (Lipinski definition) is 1. The van der Waals surface area contributed by atoms with Crippen molar-refractivity contribution in [3.8, 4) is 22.1 Å². The van der Waals surface area contributed by atoms with Crippen molar-refractivity contribution in [3.63, 3.8) is 0 Å². The molecule has 1 N–H and O–H groups in total. The molecule has 1 aliphatic heterocycles. The van der Waals surface area contributed by atoms with Gasteiger partial charge in [0.05, 0.1) is 11.4 Å². The van der Waals surface area contributed by atoms with Crippen molar-refractivity contribution >= 4 is 35.0 Å². The van der Waals surface area contributed by atoms with Gasteiger partial charge in [-0.3, -0.25) is 9.48 Å².